The first kappa shape index (κ1) is 18.3. The first-order chi connectivity index (χ1) is 10.2. The highest BCUT2D eigenvalue weighted by Crippen LogP contribution is 2.19. The maximum absolute atomic E-state index is 11.8. The number of benzene rings is 1. The van der Waals surface area contributed by atoms with Gasteiger partial charge in [0, 0.05) is 12.5 Å². The maximum Gasteiger partial charge on any atom is 0.400 e. The molecule has 1 aromatic rings. The van der Waals surface area contributed by atoms with Gasteiger partial charge in [-0.25, -0.2) is 13.2 Å². The Morgan fingerprint density at radius 1 is 1.27 bits per heavy atom. The third-order valence-electron chi connectivity index (χ3n) is 2.66. The normalized spacial score (nSPS) is 11.9. The van der Waals surface area contributed by atoms with Crippen molar-refractivity contribution in [2.24, 2.45) is 0 Å². The molecule has 7 heteroatoms. The number of carbonyl (C=O) groups is 1. The Balaban J connectivity index is 2.47. The van der Waals surface area contributed by atoms with Crippen LogP contribution in [0.15, 0.2) is 43.0 Å². The molecule has 0 bridgehead atoms. The molecule has 0 aliphatic heterocycles. The molecule has 0 saturated carbocycles. The number of rotatable bonds is 9. The van der Waals surface area contributed by atoms with Crippen LogP contribution in [0.4, 0.5) is 0 Å². The molecule has 1 aromatic carbocycles. The summed E-state index contributed by atoms with van der Waals surface area (Å²) in [5, 5.41) is 0. The Morgan fingerprint density at radius 2 is 1.91 bits per heavy atom. The van der Waals surface area contributed by atoms with Gasteiger partial charge in [0.05, 0.1) is 18.8 Å². The molecular weight excluding hydrogens is 308 g/mol. The molecule has 0 amide bonds. The zero-order chi connectivity index (χ0) is 16.6. The Hall–Kier alpha value is -1.70. The standard InChI is InChI=1S/C15H20O6S/c1-4-14(16)19-11-10-15(2,3)21-22(17,18)20-12-13-8-6-5-7-9-13/h4-9H,1,10-12H2,2-3H3. The highest BCUT2D eigenvalue weighted by molar-refractivity contribution is 7.81. The minimum Gasteiger partial charge on any atom is -0.462 e. The van der Waals surface area contributed by atoms with Gasteiger partial charge in [0.2, 0.25) is 0 Å². The van der Waals surface area contributed by atoms with E-state index >= 15 is 0 Å². The molecule has 0 fully saturated rings. The molecule has 0 N–H and O–H groups in total. The molecule has 122 valence electrons. The first-order valence-electron chi connectivity index (χ1n) is 6.67. The number of ether oxygens (including phenoxy) is 1. The van der Waals surface area contributed by atoms with Crippen molar-refractivity contribution < 1.29 is 26.3 Å². The van der Waals surface area contributed by atoms with Gasteiger partial charge in [-0.15, -0.1) is 0 Å². The highest BCUT2D eigenvalue weighted by atomic mass is 32.3. The fraction of sp³-hybridized carbons (Fsp3) is 0.400. The lowest BCUT2D eigenvalue weighted by Gasteiger charge is -2.23. The molecule has 0 radical (unpaired) electrons. The van der Waals surface area contributed by atoms with Crippen LogP contribution in [0.1, 0.15) is 25.8 Å². The molecule has 0 saturated heterocycles. The van der Waals surface area contributed by atoms with Crippen molar-refractivity contribution in [1.29, 1.82) is 0 Å². The van der Waals surface area contributed by atoms with Gasteiger partial charge in [-0.1, -0.05) is 36.9 Å². The van der Waals surface area contributed by atoms with Crippen LogP contribution < -0.4 is 0 Å². The summed E-state index contributed by atoms with van der Waals surface area (Å²) in [6, 6.07) is 8.88. The molecule has 0 atom stereocenters. The Bertz CT molecular complexity index is 592. The molecule has 0 aliphatic rings. The van der Waals surface area contributed by atoms with E-state index in [1.165, 1.54) is 0 Å². The topological polar surface area (TPSA) is 78.9 Å². The predicted octanol–water partition coefficient (Wildman–Crippen LogP) is 2.36. The van der Waals surface area contributed by atoms with Gasteiger partial charge in [0.15, 0.2) is 0 Å². The van der Waals surface area contributed by atoms with Crippen LogP contribution in [-0.4, -0.2) is 26.6 Å². The summed E-state index contributed by atoms with van der Waals surface area (Å²) in [5.41, 5.74) is -0.343. The van der Waals surface area contributed by atoms with Gasteiger partial charge in [0.1, 0.15) is 0 Å². The minimum atomic E-state index is -4.15. The van der Waals surface area contributed by atoms with Crippen molar-refractivity contribution in [3.05, 3.63) is 48.6 Å². The Labute approximate surface area is 131 Å². The van der Waals surface area contributed by atoms with E-state index in [2.05, 4.69) is 6.58 Å². The fourth-order valence-electron chi connectivity index (χ4n) is 1.51. The summed E-state index contributed by atoms with van der Waals surface area (Å²) >= 11 is 0. The molecular formula is C15H20O6S. The van der Waals surface area contributed by atoms with E-state index in [0.717, 1.165) is 6.08 Å². The summed E-state index contributed by atoms with van der Waals surface area (Å²) in [6.45, 7) is 6.32. The van der Waals surface area contributed by atoms with Crippen LogP contribution in [0.25, 0.3) is 0 Å². The van der Waals surface area contributed by atoms with Crippen LogP contribution >= 0.6 is 0 Å². The Morgan fingerprint density at radius 3 is 2.50 bits per heavy atom. The predicted molar refractivity (Wildman–Crippen MR) is 81.1 cm³/mol. The zero-order valence-electron chi connectivity index (χ0n) is 12.7. The lowest BCUT2D eigenvalue weighted by molar-refractivity contribution is -0.138. The van der Waals surface area contributed by atoms with Crippen LogP contribution in [0.3, 0.4) is 0 Å². The van der Waals surface area contributed by atoms with E-state index in [-0.39, 0.29) is 19.6 Å². The third-order valence-corrected chi connectivity index (χ3v) is 3.72. The van der Waals surface area contributed by atoms with E-state index in [1.54, 1.807) is 38.1 Å². The summed E-state index contributed by atoms with van der Waals surface area (Å²) in [6.07, 6.45) is 1.23. The second kappa shape index (κ2) is 8.07. The van der Waals surface area contributed by atoms with Crippen molar-refractivity contribution in [1.82, 2.24) is 0 Å². The number of esters is 1. The van der Waals surface area contributed by atoms with Crippen LogP contribution in [0, 0.1) is 0 Å². The van der Waals surface area contributed by atoms with Crippen molar-refractivity contribution in [3.63, 3.8) is 0 Å². The van der Waals surface area contributed by atoms with Gasteiger partial charge in [-0.3, -0.25) is 0 Å². The minimum absolute atomic E-state index is 0.0199. The van der Waals surface area contributed by atoms with E-state index in [4.69, 9.17) is 13.1 Å². The van der Waals surface area contributed by atoms with E-state index in [1.807, 2.05) is 6.07 Å². The van der Waals surface area contributed by atoms with Crippen molar-refractivity contribution in [3.8, 4) is 0 Å². The van der Waals surface area contributed by atoms with Crippen LogP contribution in [-0.2, 0) is 34.9 Å². The second-order valence-electron chi connectivity index (χ2n) is 5.12. The SMILES string of the molecule is C=CC(=O)OCCC(C)(C)OS(=O)(=O)OCc1ccccc1. The fourth-order valence-corrected chi connectivity index (χ4v) is 2.48. The van der Waals surface area contributed by atoms with E-state index in [9.17, 15) is 13.2 Å². The molecule has 22 heavy (non-hydrogen) atoms. The van der Waals surface area contributed by atoms with Crippen molar-refractivity contribution >= 4 is 16.4 Å². The highest BCUT2D eigenvalue weighted by Gasteiger charge is 2.28. The van der Waals surface area contributed by atoms with Crippen molar-refractivity contribution in [2.45, 2.75) is 32.5 Å². The molecule has 0 unspecified atom stereocenters. The van der Waals surface area contributed by atoms with E-state index in [0.29, 0.717) is 5.56 Å². The Kier molecular flexibility index (Phi) is 6.73. The maximum atomic E-state index is 11.8. The zero-order valence-corrected chi connectivity index (χ0v) is 13.5. The number of hydrogen-bond acceptors (Lipinski definition) is 6. The lowest BCUT2D eigenvalue weighted by Crippen LogP contribution is -2.30. The molecule has 0 spiro atoms. The van der Waals surface area contributed by atoms with Gasteiger partial charge < -0.3 is 4.74 Å². The van der Waals surface area contributed by atoms with Crippen LogP contribution in [0.5, 0.6) is 0 Å². The molecule has 0 aliphatic carbocycles. The van der Waals surface area contributed by atoms with Crippen molar-refractivity contribution in [2.75, 3.05) is 6.61 Å². The summed E-state index contributed by atoms with van der Waals surface area (Å²) < 4.78 is 38.2. The molecule has 0 aromatic heterocycles. The van der Waals surface area contributed by atoms with Crippen LogP contribution in [0.2, 0.25) is 0 Å². The summed E-state index contributed by atoms with van der Waals surface area (Å²) in [4.78, 5) is 10.9. The average molecular weight is 328 g/mol. The van der Waals surface area contributed by atoms with Gasteiger partial charge >= 0.3 is 16.4 Å². The average Bonchev–Trinajstić information content (AvgIpc) is 2.45. The van der Waals surface area contributed by atoms with Gasteiger partial charge in [-0.05, 0) is 19.4 Å². The number of carbonyl (C=O) groups excluding carboxylic acids is 1. The lowest BCUT2D eigenvalue weighted by atomic mass is 10.1. The first-order valence-corrected chi connectivity index (χ1v) is 8.00. The monoisotopic (exact) mass is 328 g/mol. The third kappa shape index (κ3) is 7.35. The summed E-state index contributed by atoms with van der Waals surface area (Å²) in [7, 11) is -4.15. The molecule has 0 heterocycles. The second-order valence-corrected chi connectivity index (χ2v) is 6.34. The smallest absolute Gasteiger partial charge is 0.400 e. The number of hydrogen-bond donors (Lipinski definition) is 0. The van der Waals surface area contributed by atoms with Gasteiger partial charge in [0.25, 0.3) is 0 Å². The quantitative estimate of drug-likeness (QED) is 0.511. The largest absolute Gasteiger partial charge is 0.462 e. The molecule has 1 rings (SSSR count). The molecule has 6 nitrogen and oxygen atoms in total. The van der Waals surface area contributed by atoms with E-state index < -0.39 is 22.0 Å². The van der Waals surface area contributed by atoms with Gasteiger partial charge in [-0.2, -0.15) is 8.42 Å². The summed E-state index contributed by atoms with van der Waals surface area (Å²) in [5.74, 6) is -0.570.